The summed E-state index contributed by atoms with van der Waals surface area (Å²) in [5.41, 5.74) is 0. The van der Waals surface area contributed by atoms with Gasteiger partial charge in [0.1, 0.15) is 18.1 Å². The fraction of sp³-hybridized carbons (Fsp3) is 0.273. The molecule has 0 aliphatic rings. The minimum absolute atomic E-state index is 0.0221. The second kappa shape index (κ2) is 5.74. The molecule has 6 nitrogen and oxygen atoms in total. The number of hydrogen-bond acceptors (Lipinski definition) is 4. The SMILES string of the molecule is CC(=O)N[C@@H](COc1cccc(O)c1)C(=O)O. The summed E-state index contributed by atoms with van der Waals surface area (Å²) >= 11 is 0. The quantitative estimate of drug-likeness (QED) is 0.689. The summed E-state index contributed by atoms with van der Waals surface area (Å²) in [6, 6.07) is 4.85. The van der Waals surface area contributed by atoms with Crippen molar-refractivity contribution in [3.8, 4) is 11.5 Å². The number of aromatic hydroxyl groups is 1. The summed E-state index contributed by atoms with van der Waals surface area (Å²) in [7, 11) is 0. The van der Waals surface area contributed by atoms with Gasteiger partial charge in [0, 0.05) is 13.0 Å². The Kier molecular flexibility index (Phi) is 4.33. The van der Waals surface area contributed by atoms with Gasteiger partial charge in [-0.2, -0.15) is 0 Å². The molecule has 1 aromatic carbocycles. The highest BCUT2D eigenvalue weighted by molar-refractivity contribution is 5.82. The van der Waals surface area contributed by atoms with E-state index in [2.05, 4.69) is 5.32 Å². The third-order valence-corrected chi connectivity index (χ3v) is 1.91. The predicted octanol–water partition coefficient (Wildman–Crippen LogP) is 0.360. The monoisotopic (exact) mass is 239 g/mol. The number of carbonyl (C=O) groups is 2. The van der Waals surface area contributed by atoms with Crippen LogP contribution in [0.3, 0.4) is 0 Å². The molecule has 0 bridgehead atoms. The van der Waals surface area contributed by atoms with Crippen molar-refractivity contribution in [3.05, 3.63) is 24.3 Å². The molecule has 0 unspecified atom stereocenters. The van der Waals surface area contributed by atoms with E-state index in [9.17, 15) is 9.59 Å². The van der Waals surface area contributed by atoms with Crippen LogP contribution >= 0.6 is 0 Å². The molecular formula is C11H13NO5. The molecule has 17 heavy (non-hydrogen) atoms. The molecule has 0 heterocycles. The van der Waals surface area contributed by atoms with Crippen LogP contribution < -0.4 is 10.1 Å². The van der Waals surface area contributed by atoms with E-state index >= 15 is 0 Å². The van der Waals surface area contributed by atoms with Crippen molar-refractivity contribution < 1.29 is 24.5 Å². The van der Waals surface area contributed by atoms with Crippen LogP contribution in [-0.4, -0.2) is 34.7 Å². The number of carbonyl (C=O) groups excluding carboxylic acids is 1. The third-order valence-electron chi connectivity index (χ3n) is 1.91. The van der Waals surface area contributed by atoms with E-state index in [-0.39, 0.29) is 12.4 Å². The molecule has 0 aromatic heterocycles. The smallest absolute Gasteiger partial charge is 0.329 e. The summed E-state index contributed by atoms with van der Waals surface area (Å²) in [5.74, 6) is -1.27. The Hall–Kier alpha value is -2.24. The molecule has 1 atom stereocenters. The predicted molar refractivity (Wildman–Crippen MR) is 58.8 cm³/mol. The van der Waals surface area contributed by atoms with Crippen molar-refractivity contribution >= 4 is 11.9 Å². The van der Waals surface area contributed by atoms with Crippen LogP contribution in [0.1, 0.15) is 6.92 Å². The fourth-order valence-electron chi connectivity index (χ4n) is 1.17. The lowest BCUT2D eigenvalue weighted by atomic mass is 10.3. The lowest BCUT2D eigenvalue weighted by Gasteiger charge is -2.14. The van der Waals surface area contributed by atoms with E-state index in [1.54, 1.807) is 12.1 Å². The maximum atomic E-state index is 10.8. The van der Waals surface area contributed by atoms with Gasteiger partial charge in [0.05, 0.1) is 0 Å². The van der Waals surface area contributed by atoms with Crippen LogP contribution in [0.4, 0.5) is 0 Å². The van der Waals surface area contributed by atoms with Crippen molar-refractivity contribution in [3.63, 3.8) is 0 Å². The number of amides is 1. The largest absolute Gasteiger partial charge is 0.508 e. The number of ether oxygens (including phenoxy) is 1. The first-order valence-electron chi connectivity index (χ1n) is 4.91. The van der Waals surface area contributed by atoms with Crippen molar-refractivity contribution in [2.24, 2.45) is 0 Å². The molecule has 1 aromatic rings. The molecule has 1 amide bonds. The maximum absolute atomic E-state index is 10.8. The van der Waals surface area contributed by atoms with Crippen molar-refractivity contribution in [1.29, 1.82) is 0 Å². The first-order valence-corrected chi connectivity index (χ1v) is 4.91. The number of rotatable bonds is 5. The summed E-state index contributed by atoms with van der Waals surface area (Å²) < 4.78 is 5.16. The van der Waals surface area contributed by atoms with Gasteiger partial charge < -0.3 is 20.3 Å². The second-order valence-electron chi connectivity index (χ2n) is 3.40. The van der Waals surface area contributed by atoms with E-state index in [4.69, 9.17) is 14.9 Å². The number of nitrogens with one attached hydrogen (secondary N) is 1. The number of benzene rings is 1. The molecule has 0 spiro atoms. The molecule has 0 radical (unpaired) electrons. The van der Waals surface area contributed by atoms with Crippen LogP contribution in [-0.2, 0) is 9.59 Å². The highest BCUT2D eigenvalue weighted by atomic mass is 16.5. The minimum Gasteiger partial charge on any atom is -0.508 e. The van der Waals surface area contributed by atoms with Crippen LogP contribution in [0.2, 0.25) is 0 Å². The number of phenols is 1. The lowest BCUT2D eigenvalue weighted by Crippen LogP contribution is -2.43. The standard InChI is InChI=1S/C11H13NO5/c1-7(13)12-10(11(15)16)6-17-9-4-2-3-8(14)5-9/h2-5,10,14H,6H2,1H3,(H,12,13)(H,15,16)/t10-/m0/s1. The summed E-state index contributed by atoms with van der Waals surface area (Å²) in [4.78, 5) is 21.5. The van der Waals surface area contributed by atoms with E-state index in [0.717, 1.165) is 0 Å². The Balaban J connectivity index is 2.57. The highest BCUT2D eigenvalue weighted by Gasteiger charge is 2.19. The number of aliphatic carboxylic acids is 1. The van der Waals surface area contributed by atoms with Gasteiger partial charge in [-0.15, -0.1) is 0 Å². The second-order valence-corrected chi connectivity index (χ2v) is 3.40. The van der Waals surface area contributed by atoms with Gasteiger partial charge in [-0.3, -0.25) is 4.79 Å². The number of carboxylic acid groups (broad SMARTS) is 1. The highest BCUT2D eigenvalue weighted by Crippen LogP contribution is 2.17. The molecule has 0 aliphatic heterocycles. The summed E-state index contributed by atoms with van der Waals surface area (Å²) in [6.07, 6.45) is 0. The van der Waals surface area contributed by atoms with Crippen LogP contribution in [0.25, 0.3) is 0 Å². The number of phenolic OH excluding ortho intramolecular Hbond substituents is 1. The molecule has 92 valence electrons. The Morgan fingerprint density at radius 1 is 1.47 bits per heavy atom. The molecule has 0 aliphatic carbocycles. The van der Waals surface area contributed by atoms with Crippen molar-refractivity contribution in [1.82, 2.24) is 5.32 Å². The fourth-order valence-corrected chi connectivity index (χ4v) is 1.17. The number of hydrogen-bond donors (Lipinski definition) is 3. The zero-order valence-electron chi connectivity index (χ0n) is 9.21. The van der Waals surface area contributed by atoms with Gasteiger partial charge in [-0.1, -0.05) is 6.07 Å². The van der Waals surface area contributed by atoms with Gasteiger partial charge in [-0.25, -0.2) is 4.79 Å². The van der Waals surface area contributed by atoms with E-state index in [0.29, 0.717) is 5.75 Å². The molecule has 1 rings (SSSR count). The van der Waals surface area contributed by atoms with Crippen LogP contribution in [0.15, 0.2) is 24.3 Å². The van der Waals surface area contributed by atoms with E-state index in [1.165, 1.54) is 19.1 Å². The first-order chi connectivity index (χ1) is 7.99. The van der Waals surface area contributed by atoms with Crippen molar-refractivity contribution in [2.45, 2.75) is 13.0 Å². The Bertz CT molecular complexity index is 418. The van der Waals surface area contributed by atoms with Gasteiger partial charge in [-0.05, 0) is 12.1 Å². The van der Waals surface area contributed by atoms with Crippen molar-refractivity contribution in [2.75, 3.05) is 6.61 Å². The topological polar surface area (TPSA) is 95.9 Å². The Labute approximate surface area is 97.8 Å². The normalized spacial score (nSPS) is 11.6. The van der Waals surface area contributed by atoms with E-state index in [1.807, 2.05) is 0 Å². The Morgan fingerprint density at radius 2 is 2.18 bits per heavy atom. The average Bonchev–Trinajstić information content (AvgIpc) is 2.23. The average molecular weight is 239 g/mol. The molecule has 0 fully saturated rings. The lowest BCUT2D eigenvalue weighted by molar-refractivity contribution is -0.142. The number of carboxylic acids is 1. The molecule has 3 N–H and O–H groups in total. The molecular weight excluding hydrogens is 226 g/mol. The molecule has 0 saturated heterocycles. The minimum atomic E-state index is -1.18. The summed E-state index contributed by atoms with van der Waals surface area (Å²) in [5, 5.41) is 20.2. The van der Waals surface area contributed by atoms with Gasteiger partial charge in [0.15, 0.2) is 6.04 Å². The van der Waals surface area contributed by atoms with Gasteiger partial charge >= 0.3 is 5.97 Å². The molecule has 6 heteroatoms. The van der Waals surface area contributed by atoms with Gasteiger partial charge in [0.2, 0.25) is 5.91 Å². The third kappa shape index (κ3) is 4.42. The van der Waals surface area contributed by atoms with E-state index < -0.39 is 17.9 Å². The Morgan fingerprint density at radius 3 is 2.71 bits per heavy atom. The van der Waals surface area contributed by atoms with Crippen LogP contribution in [0.5, 0.6) is 11.5 Å². The van der Waals surface area contributed by atoms with Gasteiger partial charge in [0.25, 0.3) is 0 Å². The first kappa shape index (κ1) is 12.8. The summed E-state index contributed by atoms with van der Waals surface area (Å²) in [6.45, 7) is 1.02. The maximum Gasteiger partial charge on any atom is 0.329 e. The zero-order valence-corrected chi connectivity index (χ0v) is 9.21. The molecule has 0 saturated carbocycles. The zero-order chi connectivity index (χ0) is 12.8. The van der Waals surface area contributed by atoms with Crippen LogP contribution in [0, 0.1) is 0 Å².